The molecule has 0 spiro atoms. The molecule has 1 aliphatic rings. The zero-order chi connectivity index (χ0) is 13.8. The molecule has 0 radical (unpaired) electrons. The van der Waals surface area contributed by atoms with Crippen LogP contribution in [0.5, 0.6) is 0 Å². The molecule has 2 heterocycles. The van der Waals surface area contributed by atoms with Gasteiger partial charge in [0.05, 0.1) is 15.9 Å². The lowest BCUT2D eigenvalue weighted by Gasteiger charge is -2.31. The Balaban J connectivity index is 2.28. The number of nitrogens with zero attached hydrogens (tertiary/aromatic N) is 3. The number of nitrogens with one attached hydrogen (secondary N) is 1. The van der Waals surface area contributed by atoms with Gasteiger partial charge in [-0.15, -0.1) is 0 Å². The molecule has 0 aliphatic carbocycles. The van der Waals surface area contributed by atoms with Crippen LogP contribution in [0, 0.1) is 3.57 Å². The van der Waals surface area contributed by atoms with E-state index in [1.165, 1.54) is 0 Å². The molecule has 1 aliphatic heterocycles. The molecule has 6 heteroatoms. The standard InChI is InChI=1S/C13H21IN4O/c1-4-9-11(14)13(15-3)17-12(16-9)10-8-18(5-2)6-7-19-10/h10H,4-8H2,1-3H3,(H,15,16,17). The van der Waals surface area contributed by atoms with Crippen molar-refractivity contribution >= 4 is 28.4 Å². The predicted octanol–water partition coefficient (Wildman–Crippen LogP) is 2.08. The molecule has 1 fully saturated rings. The van der Waals surface area contributed by atoms with E-state index in [9.17, 15) is 0 Å². The molecule has 1 saturated heterocycles. The Bertz CT molecular complexity index is 416. The quantitative estimate of drug-likeness (QED) is 0.816. The van der Waals surface area contributed by atoms with Crippen molar-refractivity contribution in [3.05, 3.63) is 15.1 Å². The molecular weight excluding hydrogens is 355 g/mol. The van der Waals surface area contributed by atoms with Crippen LogP contribution in [0.1, 0.15) is 31.5 Å². The Morgan fingerprint density at radius 1 is 1.42 bits per heavy atom. The normalized spacial score (nSPS) is 20.5. The van der Waals surface area contributed by atoms with Gasteiger partial charge in [0.1, 0.15) is 11.9 Å². The Morgan fingerprint density at radius 3 is 2.84 bits per heavy atom. The van der Waals surface area contributed by atoms with E-state index in [0.717, 1.165) is 53.6 Å². The average molecular weight is 376 g/mol. The molecule has 1 unspecified atom stereocenters. The maximum Gasteiger partial charge on any atom is 0.161 e. The predicted molar refractivity (Wildman–Crippen MR) is 84.5 cm³/mol. The molecule has 19 heavy (non-hydrogen) atoms. The smallest absolute Gasteiger partial charge is 0.161 e. The van der Waals surface area contributed by atoms with Crippen molar-refractivity contribution in [1.29, 1.82) is 0 Å². The number of rotatable bonds is 4. The van der Waals surface area contributed by atoms with Gasteiger partial charge in [0.15, 0.2) is 5.82 Å². The summed E-state index contributed by atoms with van der Waals surface area (Å²) in [6.07, 6.45) is 0.898. The Kier molecular flexibility index (Phi) is 5.35. The molecule has 5 nitrogen and oxygen atoms in total. The van der Waals surface area contributed by atoms with E-state index in [1.807, 2.05) is 7.05 Å². The van der Waals surface area contributed by atoms with E-state index >= 15 is 0 Å². The molecule has 0 saturated carbocycles. The van der Waals surface area contributed by atoms with E-state index < -0.39 is 0 Å². The molecule has 106 valence electrons. The molecule has 0 bridgehead atoms. The van der Waals surface area contributed by atoms with E-state index in [-0.39, 0.29) is 6.10 Å². The first-order chi connectivity index (χ1) is 9.19. The van der Waals surface area contributed by atoms with Gasteiger partial charge >= 0.3 is 0 Å². The lowest BCUT2D eigenvalue weighted by Crippen LogP contribution is -2.38. The van der Waals surface area contributed by atoms with Crippen LogP contribution in [0.25, 0.3) is 0 Å². The molecule has 2 rings (SSSR count). The third-order valence-corrected chi connectivity index (χ3v) is 4.53. The van der Waals surface area contributed by atoms with Crippen molar-refractivity contribution < 1.29 is 4.74 Å². The SMILES string of the molecule is CCc1nc(C2CN(CC)CCO2)nc(NC)c1I. The first-order valence-electron chi connectivity index (χ1n) is 6.77. The largest absolute Gasteiger partial charge is 0.372 e. The maximum atomic E-state index is 5.84. The van der Waals surface area contributed by atoms with Gasteiger partial charge in [0.2, 0.25) is 0 Å². The van der Waals surface area contributed by atoms with Crippen LogP contribution in [-0.4, -0.2) is 48.2 Å². The van der Waals surface area contributed by atoms with E-state index in [0.29, 0.717) is 0 Å². The number of anilines is 1. The summed E-state index contributed by atoms with van der Waals surface area (Å²) in [7, 11) is 1.90. The van der Waals surface area contributed by atoms with E-state index in [2.05, 4.69) is 56.6 Å². The summed E-state index contributed by atoms with van der Waals surface area (Å²) in [6.45, 7) is 7.97. The summed E-state index contributed by atoms with van der Waals surface area (Å²) in [5, 5.41) is 3.15. The highest BCUT2D eigenvalue weighted by atomic mass is 127. The molecule has 0 amide bonds. The first-order valence-corrected chi connectivity index (χ1v) is 7.85. The number of ether oxygens (including phenoxy) is 1. The van der Waals surface area contributed by atoms with Crippen molar-refractivity contribution in [2.24, 2.45) is 0 Å². The van der Waals surface area contributed by atoms with Gasteiger partial charge in [-0.1, -0.05) is 13.8 Å². The molecule has 0 aromatic carbocycles. The second kappa shape index (κ2) is 6.81. The summed E-state index contributed by atoms with van der Waals surface area (Å²) in [5.41, 5.74) is 1.09. The van der Waals surface area contributed by atoms with Crippen molar-refractivity contribution in [3.8, 4) is 0 Å². The maximum absolute atomic E-state index is 5.84. The first kappa shape index (κ1) is 14.9. The molecule has 1 aromatic heterocycles. The summed E-state index contributed by atoms with van der Waals surface area (Å²) in [4.78, 5) is 11.7. The van der Waals surface area contributed by atoms with Gasteiger partial charge in [-0.2, -0.15) is 0 Å². The Labute approximate surface area is 128 Å². The minimum absolute atomic E-state index is 0.0110. The fourth-order valence-corrected chi connectivity index (χ4v) is 3.09. The van der Waals surface area contributed by atoms with Gasteiger partial charge in [-0.3, -0.25) is 4.90 Å². The minimum atomic E-state index is -0.0110. The highest BCUT2D eigenvalue weighted by Gasteiger charge is 2.24. The van der Waals surface area contributed by atoms with Gasteiger partial charge in [-0.05, 0) is 35.6 Å². The topological polar surface area (TPSA) is 50.3 Å². The number of hydrogen-bond acceptors (Lipinski definition) is 5. The van der Waals surface area contributed by atoms with Crippen LogP contribution in [0.3, 0.4) is 0 Å². The van der Waals surface area contributed by atoms with Crippen LogP contribution < -0.4 is 5.32 Å². The lowest BCUT2D eigenvalue weighted by atomic mass is 10.2. The summed E-state index contributed by atoms with van der Waals surface area (Å²) in [5.74, 6) is 1.71. The van der Waals surface area contributed by atoms with Crippen LogP contribution >= 0.6 is 22.6 Å². The third kappa shape index (κ3) is 3.35. The number of morpholine rings is 1. The number of halogens is 1. The van der Waals surface area contributed by atoms with Crippen LogP contribution in [0.2, 0.25) is 0 Å². The van der Waals surface area contributed by atoms with Gasteiger partial charge < -0.3 is 10.1 Å². The monoisotopic (exact) mass is 376 g/mol. The van der Waals surface area contributed by atoms with Gasteiger partial charge in [0, 0.05) is 20.1 Å². The van der Waals surface area contributed by atoms with Crippen LogP contribution in [0.4, 0.5) is 5.82 Å². The third-order valence-electron chi connectivity index (χ3n) is 3.39. The van der Waals surface area contributed by atoms with Crippen LogP contribution in [0.15, 0.2) is 0 Å². The van der Waals surface area contributed by atoms with Crippen molar-refractivity contribution in [3.63, 3.8) is 0 Å². The highest BCUT2D eigenvalue weighted by Crippen LogP contribution is 2.25. The summed E-state index contributed by atoms with van der Waals surface area (Å²) < 4.78 is 6.94. The molecule has 1 aromatic rings. The van der Waals surface area contributed by atoms with Crippen molar-refractivity contribution in [1.82, 2.24) is 14.9 Å². The average Bonchev–Trinajstić information content (AvgIpc) is 2.47. The van der Waals surface area contributed by atoms with Gasteiger partial charge in [0.25, 0.3) is 0 Å². The summed E-state index contributed by atoms with van der Waals surface area (Å²) >= 11 is 2.30. The second-order valence-corrected chi connectivity index (χ2v) is 5.63. The van der Waals surface area contributed by atoms with Crippen molar-refractivity contribution in [2.45, 2.75) is 26.4 Å². The summed E-state index contributed by atoms with van der Waals surface area (Å²) in [6, 6.07) is 0. The lowest BCUT2D eigenvalue weighted by molar-refractivity contribution is -0.0326. The molecule has 1 N–H and O–H groups in total. The molecule has 1 atom stereocenters. The van der Waals surface area contributed by atoms with E-state index in [1.54, 1.807) is 0 Å². The number of aromatic nitrogens is 2. The Morgan fingerprint density at radius 2 is 2.21 bits per heavy atom. The Hall–Kier alpha value is -0.470. The van der Waals surface area contributed by atoms with Gasteiger partial charge in [-0.25, -0.2) is 9.97 Å². The highest BCUT2D eigenvalue weighted by molar-refractivity contribution is 14.1. The zero-order valence-corrected chi connectivity index (χ0v) is 13.9. The van der Waals surface area contributed by atoms with E-state index in [4.69, 9.17) is 4.74 Å². The van der Waals surface area contributed by atoms with Crippen LogP contribution in [-0.2, 0) is 11.2 Å². The second-order valence-electron chi connectivity index (χ2n) is 4.55. The zero-order valence-electron chi connectivity index (χ0n) is 11.7. The number of hydrogen-bond donors (Lipinski definition) is 1. The number of aryl methyl sites for hydroxylation is 1. The molecular formula is C13H21IN4O. The number of likely N-dealkylation sites (N-methyl/N-ethyl adjacent to an activating group) is 1. The minimum Gasteiger partial charge on any atom is -0.372 e. The fourth-order valence-electron chi connectivity index (χ4n) is 2.20. The van der Waals surface area contributed by atoms with Crippen molar-refractivity contribution in [2.75, 3.05) is 38.6 Å². The fraction of sp³-hybridized carbons (Fsp3) is 0.692.